The van der Waals surface area contributed by atoms with E-state index in [9.17, 15) is 14.4 Å². The molecule has 1 aromatic carbocycles. The minimum Gasteiger partial charge on any atom is -0.491 e. The Morgan fingerprint density at radius 3 is 2.55 bits per heavy atom. The summed E-state index contributed by atoms with van der Waals surface area (Å²) < 4.78 is 5.74. The van der Waals surface area contributed by atoms with Crippen molar-refractivity contribution in [2.45, 2.75) is 89.9 Å². The molecule has 2 fully saturated rings. The van der Waals surface area contributed by atoms with Crippen LogP contribution in [0.5, 0.6) is 5.75 Å². The molecule has 3 atom stereocenters. The Bertz CT molecular complexity index is 1130. The second-order valence-electron chi connectivity index (χ2n) is 10.7. The largest absolute Gasteiger partial charge is 0.491 e. The number of thiazole rings is 1. The fourth-order valence-corrected chi connectivity index (χ4v) is 6.34. The fourth-order valence-electron chi connectivity index (χ4n) is 5.40. The molecule has 1 unspecified atom stereocenters. The maximum absolute atomic E-state index is 13.9. The van der Waals surface area contributed by atoms with Gasteiger partial charge in [0.1, 0.15) is 22.5 Å². The summed E-state index contributed by atoms with van der Waals surface area (Å²) in [5, 5.41) is 8.60. The topological polar surface area (TPSA) is 101 Å². The molecular formula is C29H40N4O4S. The Balaban J connectivity index is 1.52. The molecule has 1 aromatic heterocycles. The van der Waals surface area contributed by atoms with Gasteiger partial charge in [0.2, 0.25) is 17.6 Å². The Kier molecular flexibility index (Phi) is 9.54. The van der Waals surface area contributed by atoms with Crippen LogP contribution in [0.4, 0.5) is 0 Å². The van der Waals surface area contributed by atoms with Crippen LogP contribution >= 0.6 is 11.3 Å². The summed E-state index contributed by atoms with van der Waals surface area (Å²) in [4.78, 5) is 46.5. The number of hydrogen-bond acceptors (Lipinski definition) is 7. The molecule has 0 radical (unpaired) electrons. The maximum Gasteiger partial charge on any atom is 0.246 e. The fraction of sp³-hybridized carbons (Fsp3) is 0.586. The molecule has 4 rings (SSSR count). The van der Waals surface area contributed by atoms with Crippen LogP contribution in [0.3, 0.4) is 0 Å². The molecule has 38 heavy (non-hydrogen) atoms. The number of aromatic nitrogens is 1. The molecule has 2 aliphatic rings. The number of rotatable bonds is 10. The Morgan fingerprint density at radius 1 is 1.08 bits per heavy atom. The number of likely N-dealkylation sites (tertiary alicyclic amines) is 1. The standard InChI is InChI=1S/C29H40N4O4S/c1-18(2)37-22-13-8-12-21(16-22)26(34)23-17-38-28(31-23)24-14-9-15-33(24)29(36)25(20-10-6-5-7-11-20)32-27(35)19(3)30-4/h8,12-13,16-20,24-25,30H,5-7,9-11,14-15H2,1-4H3,(H,32,35)/t19-,24?,25-/m0/s1. The number of ether oxygens (including phenoxy) is 1. The average Bonchev–Trinajstić information content (AvgIpc) is 3.60. The van der Waals surface area contributed by atoms with Crippen molar-refractivity contribution in [2.75, 3.05) is 13.6 Å². The van der Waals surface area contributed by atoms with Crippen LogP contribution in [0.1, 0.15) is 92.8 Å². The highest BCUT2D eigenvalue weighted by Gasteiger charge is 2.40. The molecule has 2 heterocycles. The van der Waals surface area contributed by atoms with Gasteiger partial charge in [0, 0.05) is 17.5 Å². The van der Waals surface area contributed by atoms with E-state index in [0.717, 1.165) is 43.5 Å². The lowest BCUT2D eigenvalue weighted by Crippen LogP contribution is -2.55. The summed E-state index contributed by atoms with van der Waals surface area (Å²) in [7, 11) is 1.74. The van der Waals surface area contributed by atoms with Crippen molar-refractivity contribution in [3.05, 3.63) is 45.9 Å². The zero-order valence-electron chi connectivity index (χ0n) is 22.9. The van der Waals surface area contributed by atoms with Gasteiger partial charge < -0.3 is 20.3 Å². The first-order chi connectivity index (χ1) is 18.3. The third-order valence-electron chi connectivity index (χ3n) is 7.55. The number of likely N-dealkylation sites (N-methyl/N-ethyl adjacent to an activating group) is 1. The number of ketones is 1. The van der Waals surface area contributed by atoms with Gasteiger partial charge in [-0.05, 0) is 71.6 Å². The van der Waals surface area contributed by atoms with Crippen molar-refractivity contribution in [2.24, 2.45) is 5.92 Å². The van der Waals surface area contributed by atoms with E-state index in [2.05, 4.69) is 10.6 Å². The highest BCUT2D eigenvalue weighted by molar-refractivity contribution is 7.10. The van der Waals surface area contributed by atoms with Gasteiger partial charge in [0.25, 0.3) is 0 Å². The SMILES string of the molecule is CN[C@@H](C)C(=O)N[C@H](C(=O)N1CCCC1c1nc(C(=O)c2cccc(OC(C)C)c2)cs1)C1CCCCC1. The molecule has 0 bridgehead atoms. The van der Waals surface area contributed by atoms with Crippen molar-refractivity contribution in [1.82, 2.24) is 20.5 Å². The Morgan fingerprint density at radius 2 is 1.84 bits per heavy atom. The molecule has 1 aliphatic carbocycles. The van der Waals surface area contributed by atoms with Crippen molar-refractivity contribution >= 4 is 28.9 Å². The lowest BCUT2D eigenvalue weighted by molar-refractivity contribution is -0.139. The summed E-state index contributed by atoms with van der Waals surface area (Å²) >= 11 is 1.42. The van der Waals surface area contributed by atoms with Gasteiger partial charge in [0.15, 0.2) is 0 Å². The van der Waals surface area contributed by atoms with Gasteiger partial charge in [0.05, 0.1) is 18.2 Å². The van der Waals surface area contributed by atoms with Gasteiger partial charge in [-0.1, -0.05) is 31.4 Å². The van der Waals surface area contributed by atoms with Gasteiger partial charge in [-0.25, -0.2) is 4.98 Å². The van der Waals surface area contributed by atoms with E-state index >= 15 is 0 Å². The van der Waals surface area contributed by atoms with Crippen LogP contribution in [0, 0.1) is 5.92 Å². The third-order valence-corrected chi connectivity index (χ3v) is 8.50. The van der Waals surface area contributed by atoms with Gasteiger partial charge in [-0.3, -0.25) is 14.4 Å². The average molecular weight is 541 g/mol. The van der Waals surface area contributed by atoms with E-state index < -0.39 is 6.04 Å². The molecule has 2 aromatic rings. The van der Waals surface area contributed by atoms with E-state index in [4.69, 9.17) is 9.72 Å². The summed E-state index contributed by atoms with van der Waals surface area (Å²) in [6.07, 6.45) is 6.90. The maximum atomic E-state index is 13.9. The molecule has 1 aliphatic heterocycles. The number of carbonyl (C=O) groups is 3. The second kappa shape index (κ2) is 12.8. The molecular weight excluding hydrogens is 500 g/mol. The lowest BCUT2D eigenvalue weighted by Gasteiger charge is -2.35. The van der Waals surface area contributed by atoms with Gasteiger partial charge in [-0.15, -0.1) is 11.3 Å². The van der Waals surface area contributed by atoms with E-state index in [-0.39, 0.29) is 41.7 Å². The van der Waals surface area contributed by atoms with Crippen molar-refractivity contribution in [3.63, 3.8) is 0 Å². The molecule has 206 valence electrons. The first-order valence-electron chi connectivity index (χ1n) is 13.8. The van der Waals surface area contributed by atoms with Crippen LogP contribution in [0.15, 0.2) is 29.6 Å². The van der Waals surface area contributed by atoms with E-state index in [0.29, 0.717) is 23.6 Å². The Hall–Kier alpha value is -2.78. The van der Waals surface area contributed by atoms with E-state index in [1.807, 2.05) is 30.9 Å². The summed E-state index contributed by atoms with van der Waals surface area (Å²) in [6, 6.07) is 6.06. The van der Waals surface area contributed by atoms with Crippen LogP contribution in [0.25, 0.3) is 0 Å². The highest BCUT2D eigenvalue weighted by Crippen LogP contribution is 2.36. The number of amides is 2. The first-order valence-corrected chi connectivity index (χ1v) is 14.7. The number of hydrogen-bond donors (Lipinski definition) is 2. The zero-order chi connectivity index (χ0) is 27.2. The third kappa shape index (κ3) is 6.61. The van der Waals surface area contributed by atoms with E-state index in [1.165, 1.54) is 17.8 Å². The van der Waals surface area contributed by atoms with Crippen molar-refractivity contribution < 1.29 is 19.1 Å². The smallest absolute Gasteiger partial charge is 0.246 e. The molecule has 0 spiro atoms. The molecule has 9 heteroatoms. The lowest BCUT2D eigenvalue weighted by atomic mass is 9.83. The highest BCUT2D eigenvalue weighted by atomic mass is 32.1. The Labute approximate surface area is 229 Å². The minimum absolute atomic E-state index is 0.0146. The predicted octanol–water partition coefficient (Wildman–Crippen LogP) is 4.50. The zero-order valence-corrected chi connectivity index (χ0v) is 23.7. The normalized spacial score (nSPS) is 19.8. The quantitative estimate of drug-likeness (QED) is 0.431. The monoisotopic (exact) mass is 540 g/mol. The second-order valence-corrected chi connectivity index (χ2v) is 11.6. The first kappa shape index (κ1) is 28.2. The van der Waals surface area contributed by atoms with Gasteiger partial charge in [-0.2, -0.15) is 0 Å². The molecule has 1 saturated heterocycles. The molecule has 2 N–H and O–H groups in total. The number of benzene rings is 1. The molecule has 8 nitrogen and oxygen atoms in total. The predicted molar refractivity (Wildman–Crippen MR) is 148 cm³/mol. The van der Waals surface area contributed by atoms with Crippen LogP contribution < -0.4 is 15.4 Å². The summed E-state index contributed by atoms with van der Waals surface area (Å²) in [5.74, 6) is 0.443. The number of nitrogens with zero attached hydrogens (tertiary/aromatic N) is 2. The van der Waals surface area contributed by atoms with Crippen molar-refractivity contribution in [1.29, 1.82) is 0 Å². The molecule has 2 amide bonds. The minimum atomic E-state index is -0.538. The van der Waals surface area contributed by atoms with Crippen LogP contribution in [-0.2, 0) is 9.59 Å². The number of carbonyl (C=O) groups excluding carboxylic acids is 3. The van der Waals surface area contributed by atoms with E-state index in [1.54, 1.807) is 31.5 Å². The van der Waals surface area contributed by atoms with Crippen LogP contribution in [-0.4, -0.2) is 59.3 Å². The molecule has 1 saturated carbocycles. The van der Waals surface area contributed by atoms with Crippen molar-refractivity contribution in [3.8, 4) is 5.75 Å². The number of nitrogens with one attached hydrogen (secondary N) is 2. The van der Waals surface area contributed by atoms with Gasteiger partial charge >= 0.3 is 0 Å². The summed E-state index contributed by atoms with van der Waals surface area (Å²) in [5.41, 5.74) is 0.907. The van der Waals surface area contributed by atoms with Crippen LogP contribution in [0.2, 0.25) is 0 Å². The summed E-state index contributed by atoms with van der Waals surface area (Å²) in [6.45, 7) is 6.32.